The highest BCUT2D eigenvalue weighted by Crippen LogP contribution is 2.25. The molecular formula is C10H15N3O2. The van der Waals surface area contributed by atoms with Crippen LogP contribution in [0.2, 0.25) is 0 Å². The first-order valence-electron chi connectivity index (χ1n) is 5.02. The summed E-state index contributed by atoms with van der Waals surface area (Å²) in [6.45, 7) is 7.37. The molecule has 2 aliphatic rings. The van der Waals surface area contributed by atoms with Crippen molar-refractivity contribution in [3.8, 4) is 0 Å². The number of carbonyl (C=O) groups is 1. The van der Waals surface area contributed by atoms with Gasteiger partial charge < -0.3 is 4.74 Å². The van der Waals surface area contributed by atoms with Crippen LogP contribution in [0.5, 0.6) is 0 Å². The number of azo groups is 1. The van der Waals surface area contributed by atoms with E-state index in [1.807, 2.05) is 20.8 Å². The third-order valence-electron chi connectivity index (χ3n) is 2.24. The molecule has 0 unspecified atom stereocenters. The van der Waals surface area contributed by atoms with E-state index in [2.05, 4.69) is 10.2 Å². The number of amides is 1. The van der Waals surface area contributed by atoms with E-state index in [0.29, 0.717) is 19.6 Å². The number of hydrogen-bond acceptors (Lipinski definition) is 4. The lowest BCUT2D eigenvalue weighted by molar-refractivity contribution is 0.0298. The third-order valence-corrected chi connectivity index (χ3v) is 2.24. The number of carbonyl (C=O) groups excluding carboxylic acids is 1. The quantitative estimate of drug-likeness (QED) is 0.612. The SMILES string of the molecule is CC(C)(C)OC(=O)N1CC2=C(C1)N=NC2. The third kappa shape index (κ3) is 2.16. The van der Waals surface area contributed by atoms with Crippen LogP contribution < -0.4 is 0 Å². The fourth-order valence-electron chi connectivity index (χ4n) is 1.58. The molecule has 0 aromatic rings. The van der Waals surface area contributed by atoms with Crippen LogP contribution in [0.1, 0.15) is 20.8 Å². The topological polar surface area (TPSA) is 54.3 Å². The zero-order chi connectivity index (χ0) is 11.1. The van der Waals surface area contributed by atoms with Gasteiger partial charge in [-0.2, -0.15) is 10.2 Å². The first-order chi connectivity index (χ1) is 6.96. The van der Waals surface area contributed by atoms with E-state index in [9.17, 15) is 4.79 Å². The van der Waals surface area contributed by atoms with Crippen LogP contribution in [0.4, 0.5) is 4.79 Å². The maximum atomic E-state index is 11.7. The van der Waals surface area contributed by atoms with Crippen molar-refractivity contribution in [3.05, 3.63) is 11.3 Å². The van der Waals surface area contributed by atoms with Crippen molar-refractivity contribution in [2.75, 3.05) is 19.6 Å². The highest BCUT2D eigenvalue weighted by molar-refractivity contribution is 5.70. The molecule has 2 rings (SSSR count). The van der Waals surface area contributed by atoms with Gasteiger partial charge in [-0.05, 0) is 26.3 Å². The van der Waals surface area contributed by atoms with Crippen molar-refractivity contribution in [3.63, 3.8) is 0 Å². The molecule has 0 aliphatic carbocycles. The minimum absolute atomic E-state index is 0.271. The van der Waals surface area contributed by atoms with Gasteiger partial charge >= 0.3 is 6.09 Å². The first kappa shape index (κ1) is 10.1. The molecule has 0 aromatic heterocycles. The van der Waals surface area contributed by atoms with Crippen molar-refractivity contribution < 1.29 is 9.53 Å². The monoisotopic (exact) mass is 209 g/mol. The lowest BCUT2D eigenvalue weighted by Gasteiger charge is -2.24. The molecule has 0 saturated carbocycles. The summed E-state index contributed by atoms with van der Waals surface area (Å²) >= 11 is 0. The Kier molecular flexibility index (Phi) is 2.25. The second-order valence-corrected chi connectivity index (χ2v) is 4.79. The molecule has 2 aliphatic heterocycles. The molecule has 0 atom stereocenters. The minimum Gasteiger partial charge on any atom is -0.444 e. The predicted octanol–water partition coefficient (Wildman–Crippen LogP) is 1.96. The smallest absolute Gasteiger partial charge is 0.410 e. The average molecular weight is 209 g/mol. The Morgan fingerprint density at radius 2 is 2.13 bits per heavy atom. The van der Waals surface area contributed by atoms with Gasteiger partial charge in [0.15, 0.2) is 0 Å². The standard InChI is InChI=1S/C10H15N3O2/c1-10(2,3)15-9(14)13-5-7-4-11-12-8(7)6-13/h4-6H2,1-3H3. The summed E-state index contributed by atoms with van der Waals surface area (Å²) in [5.41, 5.74) is 1.63. The van der Waals surface area contributed by atoms with Crippen molar-refractivity contribution in [1.29, 1.82) is 0 Å². The second kappa shape index (κ2) is 3.32. The zero-order valence-electron chi connectivity index (χ0n) is 9.28. The molecule has 0 N–H and O–H groups in total. The van der Waals surface area contributed by atoms with E-state index < -0.39 is 5.60 Å². The van der Waals surface area contributed by atoms with Crippen LogP contribution in [0.25, 0.3) is 0 Å². The van der Waals surface area contributed by atoms with E-state index in [1.54, 1.807) is 4.90 Å². The van der Waals surface area contributed by atoms with Crippen molar-refractivity contribution in [2.24, 2.45) is 10.2 Å². The Bertz CT molecular complexity index is 352. The van der Waals surface area contributed by atoms with E-state index in [4.69, 9.17) is 4.74 Å². The molecule has 5 heteroatoms. The summed E-state index contributed by atoms with van der Waals surface area (Å²) < 4.78 is 5.27. The first-order valence-corrected chi connectivity index (χ1v) is 5.02. The van der Waals surface area contributed by atoms with Gasteiger partial charge in [-0.3, -0.25) is 4.90 Å². The highest BCUT2D eigenvalue weighted by atomic mass is 16.6. The van der Waals surface area contributed by atoms with Crippen LogP contribution in [0, 0.1) is 0 Å². The molecule has 82 valence electrons. The average Bonchev–Trinajstić information content (AvgIpc) is 2.56. The van der Waals surface area contributed by atoms with Crippen LogP contribution in [0.3, 0.4) is 0 Å². The second-order valence-electron chi connectivity index (χ2n) is 4.79. The number of rotatable bonds is 0. The highest BCUT2D eigenvalue weighted by Gasteiger charge is 2.31. The van der Waals surface area contributed by atoms with E-state index in [-0.39, 0.29) is 6.09 Å². The maximum absolute atomic E-state index is 11.7. The summed E-state index contributed by atoms with van der Waals surface area (Å²) in [6, 6.07) is 0. The fourth-order valence-corrected chi connectivity index (χ4v) is 1.58. The molecule has 1 amide bonds. The number of ether oxygens (including phenoxy) is 1. The molecule has 0 aromatic carbocycles. The maximum Gasteiger partial charge on any atom is 0.410 e. The Labute approximate surface area is 88.8 Å². The molecule has 5 nitrogen and oxygen atoms in total. The van der Waals surface area contributed by atoms with Crippen LogP contribution >= 0.6 is 0 Å². The van der Waals surface area contributed by atoms with Crippen molar-refractivity contribution in [2.45, 2.75) is 26.4 Å². The Balaban J connectivity index is 1.93. The normalized spacial score (nSPS) is 19.8. The fraction of sp³-hybridized carbons (Fsp3) is 0.700. The van der Waals surface area contributed by atoms with Gasteiger partial charge in [0.1, 0.15) is 5.60 Å². The summed E-state index contributed by atoms with van der Waals surface area (Å²) in [7, 11) is 0. The zero-order valence-corrected chi connectivity index (χ0v) is 9.28. The number of nitrogens with zero attached hydrogens (tertiary/aromatic N) is 3. The summed E-state index contributed by atoms with van der Waals surface area (Å²) in [6.07, 6.45) is -0.271. The van der Waals surface area contributed by atoms with Gasteiger partial charge in [-0.15, -0.1) is 0 Å². The van der Waals surface area contributed by atoms with Gasteiger partial charge in [0.25, 0.3) is 0 Å². The van der Waals surface area contributed by atoms with Gasteiger partial charge in [-0.25, -0.2) is 4.79 Å². The number of hydrogen-bond donors (Lipinski definition) is 0. The van der Waals surface area contributed by atoms with Gasteiger partial charge in [-0.1, -0.05) is 0 Å². The Morgan fingerprint density at radius 1 is 1.40 bits per heavy atom. The lowest BCUT2D eigenvalue weighted by atomic mass is 10.2. The summed E-state index contributed by atoms with van der Waals surface area (Å²) in [4.78, 5) is 13.4. The Morgan fingerprint density at radius 3 is 2.73 bits per heavy atom. The molecule has 2 heterocycles. The molecule has 0 fully saturated rings. The minimum atomic E-state index is -0.439. The Hall–Kier alpha value is -1.39. The van der Waals surface area contributed by atoms with Crippen molar-refractivity contribution >= 4 is 6.09 Å². The molecule has 0 spiro atoms. The van der Waals surface area contributed by atoms with E-state index in [1.165, 1.54) is 0 Å². The largest absolute Gasteiger partial charge is 0.444 e. The van der Waals surface area contributed by atoms with Gasteiger partial charge in [0.05, 0.1) is 18.8 Å². The molecule has 0 radical (unpaired) electrons. The molecular weight excluding hydrogens is 194 g/mol. The summed E-state index contributed by atoms with van der Waals surface area (Å²) in [5, 5.41) is 7.89. The summed E-state index contributed by atoms with van der Waals surface area (Å²) in [5.74, 6) is 0. The van der Waals surface area contributed by atoms with Crippen molar-refractivity contribution in [1.82, 2.24) is 4.90 Å². The van der Waals surface area contributed by atoms with Gasteiger partial charge in [0, 0.05) is 6.54 Å². The molecule has 15 heavy (non-hydrogen) atoms. The van der Waals surface area contributed by atoms with Crippen LogP contribution in [0.15, 0.2) is 21.5 Å². The van der Waals surface area contributed by atoms with Crippen LogP contribution in [-0.4, -0.2) is 36.2 Å². The van der Waals surface area contributed by atoms with E-state index >= 15 is 0 Å². The van der Waals surface area contributed by atoms with Gasteiger partial charge in [0.2, 0.25) is 0 Å². The molecule has 0 saturated heterocycles. The van der Waals surface area contributed by atoms with Crippen LogP contribution in [-0.2, 0) is 4.74 Å². The predicted molar refractivity (Wildman–Crippen MR) is 54.6 cm³/mol. The molecule has 0 bridgehead atoms. The van der Waals surface area contributed by atoms with E-state index in [0.717, 1.165) is 11.3 Å². The lowest BCUT2D eigenvalue weighted by Crippen LogP contribution is -2.36.